The zero-order valence-corrected chi connectivity index (χ0v) is 17.4. The van der Waals surface area contributed by atoms with Crippen LogP contribution in [0.5, 0.6) is 5.75 Å². The van der Waals surface area contributed by atoms with Crippen molar-refractivity contribution in [3.8, 4) is 5.75 Å². The number of anilines is 1. The van der Waals surface area contributed by atoms with E-state index in [2.05, 4.69) is 21.5 Å². The number of hydrogen-bond donors (Lipinski definition) is 1. The number of rotatable bonds is 7. The second-order valence-corrected chi connectivity index (χ2v) is 7.99. The lowest BCUT2D eigenvalue weighted by Gasteiger charge is -2.29. The zero-order valence-electron chi connectivity index (χ0n) is 15.9. The van der Waals surface area contributed by atoms with Crippen molar-refractivity contribution < 1.29 is 9.53 Å². The predicted molar refractivity (Wildman–Crippen MR) is 117 cm³/mol. The van der Waals surface area contributed by atoms with Crippen LogP contribution in [0.1, 0.15) is 24.8 Å². The minimum absolute atomic E-state index is 0.167. The van der Waals surface area contributed by atoms with Gasteiger partial charge in [-0.15, -0.1) is 11.8 Å². The van der Waals surface area contributed by atoms with Crippen LogP contribution >= 0.6 is 23.4 Å². The first kappa shape index (κ1) is 20.6. The van der Waals surface area contributed by atoms with E-state index in [0.717, 1.165) is 35.0 Å². The van der Waals surface area contributed by atoms with Crippen molar-refractivity contribution in [2.75, 3.05) is 30.9 Å². The third-order valence-corrected chi connectivity index (χ3v) is 5.78. The van der Waals surface area contributed by atoms with Crippen LogP contribution in [-0.4, -0.2) is 38.1 Å². The lowest BCUT2D eigenvalue weighted by molar-refractivity contribution is -0.118. The van der Waals surface area contributed by atoms with Crippen molar-refractivity contribution in [2.24, 2.45) is 5.10 Å². The van der Waals surface area contributed by atoms with Crippen LogP contribution in [0.4, 0.5) is 5.69 Å². The van der Waals surface area contributed by atoms with Gasteiger partial charge in [0, 0.05) is 40.3 Å². The van der Waals surface area contributed by atoms with Gasteiger partial charge in [-0.25, -0.2) is 5.43 Å². The number of nitrogens with zero attached hydrogens (tertiary/aromatic N) is 2. The molecule has 5 nitrogen and oxygen atoms in total. The van der Waals surface area contributed by atoms with Crippen LogP contribution in [-0.2, 0) is 4.79 Å². The van der Waals surface area contributed by atoms with Crippen molar-refractivity contribution in [1.29, 1.82) is 0 Å². The summed E-state index contributed by atoms with van der Waals surface area (Å²) >= 11 is 7.29. The third kappa shape index (κ3) is 5.91. The Morgan fingerprint density at radius 2 is 1.96 bits per heavy atom. The molecule has 0 aliphatic carbocycles. The van der Waals surface area contributed by atoms with E-state index in [1.807, 2.05) is 24.3 Å². The topological polar surface area (TPSA) is 53.9 Å². The number of carbonyl (C=O) groups is 1. The Kier molecular flexibility index (Phi) is 7.62. The number of amides is 1. The smallest absolute Gasteiger partial charge is 0.250 e. The molecule has 0 unspecified atom stereocenters. The number of piperidine rings is 1. The first-order valence-corrected chi connectivity index (χ1v) is 10.7. The van der Waals surface area contributed by atoms with Crippen molar-refractivity contribution >= 4 is 41.2 Å². The molecule has 1 fully saturated rings. The minimum atomic E-state index is -0.167. The molecule has 0 saturated carbocycles. The molecule has 2 aromatic rings. The standard InChI is InChI=1S/C21H24ClN3O2S/c1-27-20-13-18(25-11-3-2-4-12-25)8-5-16(20)14-23-24-21(26)15-28-19-9-6-17(22)7-10-19/h5-10,13-14H,2-4,11-12,15H2,1H3,(H,24,26)/b23-14-. The summed E-state index contributed by atoms with van der Waals surface area (Å²) in [5.41, 5.74) is 4.55. The van der Waals surface area contributed by atoms with E-state index in [9.17, 15) is 4.79 Å². The Hall–Kier alpha value is -2.18. The van der Waals surface area contributed by atoms with E-state index in [-0.39, 0.29) is 11.7 Å². The zero-order chi connectivity index (χ0) is 19.8. The number of methoxy groups -OCH3 is 1. The molecular weight excluding hydrogens is 394 g/mol. The molecule has 0 aromatic heterocycles. The van der Waals surface area contributed by atoms with Gasteiger partial charge in [0.25, 0.3) is 0 Å². The summed E-state index contributed by atoms with van der Waals surface area (Å²) in [4.78, 5) is 15.3. The van der Waals surface area contributed by atoms with Gasteiger partial charge < -0.3 is 9.64 Å². The highest BCUT2D eigenvalue weighted by Gasteiger charge is 2.13. The summed E-state index contributed by atoms with van der Waals surface area (Å²) in [6, 6.07) is 13.5. The molecule has 1 N–H and O–H groups in total. The highest BCUT2D eigenvalue weighted by molar-refractivity contribution is 8.00. The molecule has 0 radical (unpaired) electrons. The van der Waals surface area contributed by atoms with Gasteiger partial charge in [-0.2, -0.15) is 5.10 Å². The first-order chi connectivity index (χ1) is 13.7. The highest BCUT2D eigenvalue weighted by atomic mass is 35.5. The molecule has 1 amide bonds. The molecule has 1 heterocycles. The number of nitrogens with one attached hydrogen (secondary N) is 1. The fraction of sp³-hybridized carbons (Fsp3) is 0.333. The average Bonchev–Trinajstić information content (AvgIpc) is 2.74. The molecular formula is C21H24ClN3O2S. The maximum Gasteiger partial charge on any atom is 0.250 e. The van der Waals surface area contributed by atoms with Crippen molar-refractivity contribution in [1.82, 2.24) is 5.43 Å². The number of benzene rings is 2. The number of hydrazone groups is 1. The molecule has 1 aliphatic rings. The molecule has 28 heavy (non-hydrogen) atoms. The van der Waals surface area contributed by atoms with Crippen LogP contribution in [0.2, 0.25) is 5.02 Å². The van der Waals surface area contributed by atoms with Crippen LogP contribution in [0.15, 0.2) is 52.5 Å². The van der Waals surface area contributed by atoms with Crippen molar-refractivity contribution in [3.63, 3.8) is 0 Å². The molecule has 0 bridgehead atoms. The Balaban J connectivity index is 1.54. The van der Waals surface area contributed by atoms with Crippen molar-refractivity contribution in [2.45, 2.75) is 24.2 Å². The van der Waals surface area contributed by atoms with E-state index in [4.69, 9.17) is 16.3 Å². The summed E-state index contributed by atoms with van der Waals surface area (Å²) < 4.78 is 5.50. The fourth-order valence-corrected chi connectivity index (χ4v) is 3.86. The Bertz CT molecular complexity index is 821. The van der Waals surface area contributed by atoms with E-state index in [0.29, 0.717) is 5.02 Å². The molecule has 2 aromatic carbocycles. The molecule has 1 saturated heterocycles. The van der Waals surface area contributed by atoms with Gasteiger partial charge in [-0.3, -0.25) is 4.79 Å². The van der Waals surface area contributed by atoms with Gasteiger partial charge >= 0.3 is 0 Å². The molecule has 0 spiro atoms. The largest absolute Gasteiger partial charge is 0.496 e. The number of hydrogen-bond acceptors (Lipinski definition) is 5. The first-order valence-electron chi connectivity index (χ1n) is 9.29. The molecule has 1 aliphatic heterocycles. The van der Waals surface area contributed by atoms with Crippen LogP contribution < -0.4 is 15.1 Å². The molecule has 3 rings (SSSR count). The monoisotopic (exact) mass is 417 g/mol. The lowest BCUT2D eigenvalue weighted by atomic mass is 10.1. The van der Waals surface area contributed by atoms with Crippen LogP contribution in [0.3, 0.4) is 0 Å². The summed E-state index contributed by atoms with van der Waals surface area (Å²) in [6.07, 6.45) is 5.37. The summed E-state index contributed by atoms with van der Waals surface area (Å²) in [5, 5.41) is 4.75. The van der Waals surface area contributed by atoms with Crippen LogP contribution in [0, 0.1) is 0 Å². The summed E-state index contributed by atoms with van der Waals surface area (Å²) in [7, 11) is 1.65. The van der Waals surface area contributed by atoms with Gasteiger partial charge in [-0.1, -0.05) is 11.6 Å². The van der Waals surface area contributed by atoms with Gasteiger partial charge in [0.1, 0.15) is 5.75 Å². The number of ether oxygens (including phenoxy) is 1. The Morgan fingerprint density at radius 3 is 2.68 bits per heavy atom. The second kappa shape index (κ2) is 10.4. The van der Waals surface area contributed by atoms with Gasteiger partial charge in [0.15, 0.2) is 0 Å². The molecule has 7 heteroatoms. The van der Waals surface area contributed by atoms with Gasteiger partial charge in [0.2, 0.25) is 5.91 Å². The normalized spacial score (nSPS) is 14.3. The maximum absolute atomic E-state index is 12.0. The van der Waals surface area contributed by atoms with E-state index < -0.39 is 0 Å². The molecule has 148 valence electrons. The summed E-state index contributed by atoms with van der Waals surface area (Å²) in [6.45, 7) is 2.16. The minimum Gasteiger partial charge on any atom is -0.496 e. The Labute approximate surface area is 175 Å². The Morgan fingerprint density at radius 1 is 1.21 bits per heavy atom. The van der Waals surface area contributed by atoms with Gasteiger partial charge in [0.05, 0.1) is 19.1 Å². The molecule has 0 atom stereocenters. The number of carbonyl (C=O) groups excluding carboxylic acids is 1. The fourth-order valence-electron chi connectivity index (χ4n) is 3.04. The van der Waals surface area contributed by atoms with Crippen molar-refractivity contribution in [3.05, 3.63) is 53.1 Å². The predicted octanol–water partition coefficient (Wildman–Crippen LogP) is 4.58. The second-order valence-electron chi connectivity index (χ2n) is 6.51. The number of halogens is 1. The van der Waals surface area contributed by atoms with Crippen LogP contribution in [0.25, 0.3) is 0 Å². The summed E-state index contributed by atoms with van der Waals surface area (Å²) in [5.74, 6) is 0.862. The lowest BCUT2D eigenvalue weighted by Crippen LogP contribution is -2.29. The van der Waals surface area contributed by atoms with Gasteiger partial charge in [-0.05, 0) is 55.7 Å². The van der Waals surface area contributed by atoms with E-state index in [1.54, 1.807) is 25.5 Å². The maximum atomic E-state index is 12.0. The van der Waals surface area contributed by atoms with E-state index >= 15 is 0 Å². The average molecular weight is 418 g/mol. The van der Waals surface area contributed by atoms with E-state index in [1.165, 1.54) is 31.0 Å². The number of thioether (sulfide) groups is 1. The third-order valence-electron chi connectivity index (χ3n) is 4.51. The quantitative estimate of drug-likeness (QED) is 0.407. The SMILES string of the molecule is COc1cc(N2CCCCC2)ccc1/C=N\NC(=O)CSc1ccc(Cl)cc1. The highest BCUT2D eigenvalue weighted by Crippen LogP contribution is 2.27.